The molecular weight excluding hydrogens is 184 g/mol. The zero-order valence-electron chi connectivity index (χ0n) is 7.53. The molecule has 0 bridgehead atoms. The van der Waals surface area contributed by atoms with Crippen molar-refractivity contribution in [2.45, 2.75) is 0 Å². The quantitative estimate of drug-likeness (QED) is 0.281. The van der Waals surface area contributed by atoms with Crippen LogP contribution in [0.3, 0.4) is 0 Å². The molecule has 9 heteroatoms. The minimum absolute atomic E-state index is 0. The predicted octanol–water partition coefficient (Wildman–Crippen LogP) is -6.71. The van der Waals surface area contributed by atoms with Crippen molar-refractivity contribution in [2.24, 2.45) is 0 Å². The second-order valence-corrected chi connectivity index (χ2v) is 2.04. The molecule has 0 rings (SSSR count). The van der Waals surface area contributed by atoms with Crippen LogP contribution >= 0.6 is 0 Å². The molecule has 0 fully saturated rings. The molecule has 0 unspecified atom stereocenters. The summed E-state index contributed by atoms with van der Waals surface area (Å²) in [6, 6.07) is 0. The van der Waals surface area contributed by atoms with E-state index in [2.05, 4.69) is 0 Å². The third kappa shape index (κ3) is 16.1. The van der Waals surface area contributed by atoms with Gasteiger partial charge in [0.2, 0.25) is 0 Å². The Labute approximate surface area is 105 Å². The van der Waals surface area contributed by atoms with Crippen molar-refractivity contribution >= 4 is 16.4 Å². The standard InChI is InChI=1S/CH3NO5S.2Na.2H/c3-1(4)2-8(5,6)7;;;;/h2H,(H,3,4)(H,5,6,7);;;;/q;2*+1;2*-1. The van der Waals surface area contributed by atoms with E-state index in [1.165, 1.54) is 0 Å². The topological polar surface area (TPSA) is 104 Å². The molecule has 10 heavy (non-hydrogen) atoms. The van der Waals surface area contributed by atoms with E-state index in [9.17, 15) is 13.2 Å². The minimum atomic E-state index is -4.57. The first-order valence-corrected chi connectivity index (χ1v) is 2.84. The molecular formula is CH5NNa2O5S. The van der Waals surface area contributed by atoms with Gasteiger partial charge in [0.05, 0.1) is 0 Å². The monoisotopic (exact) mass is 189 g/mol. The van der Waals surface area contributed by atoms with Gasteiger partial charge in [-0.1, -0.05) is 0 Å². The number of carboxylic acid groups (broad SMARTS) is 1. The van der Waals surface area contributed by atoms with Crippen LogP contribution in [0.25, 0.3) is 0 Å². The third-order valence-electron chi connectivity index (χ3n) is 0.216. The fourth-order valence-corrected chi connectivity index (χ4v) is 0.331. The Morgan fingerprint density at radius 2 is 1.70 bits per heavy atom. The molecule has 0 atom stereocenters. The van der Waals surface area contributed by atoms with Crippen molar-refractivity contribution < 1.29 is 84.8 Å². The van der Waals surface area contributed by atoms with Crippen molar-refractivity contribution in [2.75, 3.05) is 0 Å². The van der Waals surface area contributed by atoms with Crippen LogP contribution in [0.5, 0.6) is 0 Å². The molecule has 0 radical (unpaired) electrons. The van der Waals surface area contributed by atoms with Gasteiger partial charge in [-0.2, -0.15) is 13.1 Å². The van der Waals surface area contributed by atoms with Crippen LogP contribution in [0.2, 0.25) is 0 Å². The van der Waals surface area contributed by atoms with Gasteiger partial charge in [0.25, 0.3) is 0 Å². The van der Waals surface area contributed by atoms with E-state index < -0.39 is 16.4 Å². The van der Waals surface area contributed by atoms with Gasteiger partial charge in [0.15, 0.2) is 0 Å². The van der Waals surface area contributed by atoms with Gasteiger partial charge in [-0.05, 0) is 0 Å². The summed E-state index contributed by atoms with van der Waals surface area (Å²) in [5, 5.41) is 7.60. The molecule has 0 spiro atoms. The van der Waals surface area contributed by atoms with Gasteiger partial charge in [0.1, 0.15) is 0 Å². The second-order valence-electron chi connectivity index (χ2n) is 0.882. The van der Waals surface area contributed by atoms with Crippen molar-refractivity contribution in [1.82, 2.24) is 4.72 Å². The van der Waals surface area contributed by atoms with Crippen LogP contribution in [-0.4, -0.2) is 24.2 Å². The Morgan fingerprint density at radius 3 is 1.70 bits per heavy atom. The van der Waals surface area contributed by atoms with E-state index in [0.29, 0.717) is 0 Å². The smallest absolute Gasteiger partial charge is 1.00 e. The molecule has 0 aromatic rings. The largest absolute Gasteiger partial charge is 1.00 e. The third-order valence-corrected chi connectivity index (χ3v) is 0.649. The van der Waals surface area contributed by atoms with Gasteiger partial charge in [-0.3, -0.25) is 4.55 Å². The molecule has 0 heterocycles. The molecule has 0 saturated carbocycles. The first-order valence-electron chi connectivity index (χ1n) is 1.40. The molecule has 0 aliphatic rings. The SMILES string of the molecule is O=C(O)NS(=O)(=O)O.[H-].[H-].[Na+].[Na+]. The molecule has 1 amide bonds. The molecule has 0 saturated heterocycles. The van der Waals surface area contributed by atoms with Crippen LogP contribution in [0.1, 0.15) is 2.85 Å². The van der Waals surface area contributed by atoms with Gasteiger partial charge < -0.3 is 7.96 Å². The number of carbonyl (C=O) groups is 1. The molecule has 52 valence electrons. The van der Waals surface area contributed by atoms with Gasteiger partial charge in [-0.25, -0.2) is 4.79 Å². The fraction of sp³-hybridized carbons (Fsp3) is 0. The Bertz CT molecular complexity index is 194. The summed E-state index contributed by atoms with van der Waals surface area (Å²) in [5.74, 6) is 0. The average Bonchev–Trinajstić information content (AvgIpc) is 1.21. The zero-order chi connectivity index (χ0) is 6.78. The van der Waals surface area contributed by atoms with E-state index in [-0.39, 0.29) is 62.0 Å². The maximum absolute atomic E-state index is 9.51. The Kier molecular flexibility index (Phi) is 11.9. The second kappa shape index (κ2) is 6.86. The fourth-order valence-electron chi connectivity index (χ4n) is 0.110. The van der Waals surface area contributed by atoms with Crippen molar-refractivity contribution in [3.05, 3.63) is 0 Å². The Hall–Kier alpha value is 1.18. The number of hydrogen-bond donors (Lipinski definition) is 3. The summed E-state index contributed by atoms with van der Waals surface area (Å²) in [4.78, 5) is 9.36. The minimum Gasteiger partial charge on any atom is -1.00 e. The van der Waals surface area contributed by atoms with E-state index >= 15 is 0 Å². The number of amides is 1. The van der Waals surface area contributed by atoms with Gasteiger partial charge in [0, 0.05) is 0 Å². The normalized spacial score (nSPS) is 8.50. The van der Waals surface area contributed by atoms with Crippen molar-refractivity contribution in [1.29, 1.82) is 0 Å². The molecule has 0 aliphatic heterocycles. The molecule has 6 nitrogen and oxygen atoms in total. The van der Waals surface area contributed by atoms with Gasteiger partial charge >= 0.3 is 75.5 Å². The van der Waals surface area contributed by atoms with Crippen LogP contribution in [0.15, 0.2) is 0 Å². The molecule has 0 aliphatic carbocycles. The number of nitrogens with one attached hydrogen (secondary N) is 1. The van der Waals surface area contributed by atoms with E-state index in [4.69, 9.17) is 9.66 Å². The first-order chi connectivity index (χ1) is 3.42. The van der Waals surface area contributed by atoms with Crippen LogP contribution < -0.4 is 63.8 Å². The van der Waals surface area contributed by atoms with Crippen LogP contribution in [-0.2, 0) is 10.3 Å². The maximum Gasteiger partial charge on any atom is 1.00 e. The van der Waals surface area contributed by atoms with Crippen molar-refractivity contribution in [3.63, 3.8) is 0 Å². The van der Waals surface area contributed by atoms with Crippen molar-refractivity contribution in [3.8, 4) is 0 Å². The molecule has 0 aromatic carbocycles. The summed E-state index contributed by atoms with van der Waals surface area (Å²) in [6.07, 6.45) is -1.81. The summed E-state index contributed by atoms with van der Waals surface area (Å²) >= 11 is 0. The Morgan fingerprint density at radius 1 is 1.40 bits per heavy atom. The Balaban J connectivity index is -0.0000000408. The van der Waals surface area contributed by atoms with E-state index in [1.807, 2.05) is 0 Å². The van der Waals surface area contributed by atoms with E-state index in [1.54, 1.807) is 0 Å². The summed E-state index contributed by atoms with van der Waals surface area (Å²) in [5.41, 5.74) is 0. The summed E-state index contributed by atoms with van der Waals surface area (Å²) in [7, 11) is -4.57. The molecule has 3 N–H and O–H groups in total. The number of hydrogen-bond acceptors (Lipinski definition) is 3. The first kappa shape index (κ1) is 17.3. The van der Waals surface area contributed by atoms with Gasteiger partial charge in [-0.15, -0.1) is 0 Å². The average molecular weight is 189 g/mol. The van der Waals surface area contributed by atoms with Crippen LogP contribution in [0.4, 0.5) is 4.79 Å². The summed E-state index contributed by atoms with van der Waals surface area (Å²) in [6.45, 7) is 0. The maximum atomic E-state index is 9.51. The number of rotatable bonds is 1. The zero-order valence-corrected chi connectivity index (χ0v) is 10.3. The summed E-state index contributed by atoms with van der Waals surface area (Å²) < 4.78 is 27.5. The molecule has 0 aromatic heterocycles. The van der Waals surface area contributed by atoms with E-state index in [0.717, 1.165) is 4.72 Å². The predicted molar refractivity (Wildman–Crippen MR) is 24.9 cm³/mol. The van der Waals surface area contributed by atoms with Crippen LogP contribution in [0, 0.1) is 0 Å².